The van der Waals surface area contributed by atoms with E-state index in [4.69, 9.17) is 0 Å². The molecule has 0 radical (unpaired) electrons. The zero-order chi connectivity index (χ0) is 17.8. The highest BCUT2D eigenvalue weighted by molar-refractivity contribution is 5.93. The standard InChI is InChI=1S/C17H21N7O/c1-12(2)9-14(16-18-11-20-23(16)3)21-17(25)15-10-19-22-24(15)13-7-5-4-6-8-13/h4-8,10-12,14H,9H2,1-3H3,(H,21,25)/t14-/m1/s1. The summed E-state index contributed by atoms with van der Waals surface area (Å²) in [6.07, 6.45) is 3.71. The lowest BCUT2D eigenvalue weighted by Crippen LogP contribution is -2.32. The highest BCUT2D eigenvalue weighted by atomic mass is 16.2. The summed E-state index contributed by atoms with van der Waals surface area (Å²) in [7, 11) is 1.82. The Morgan fingerprint density at radius 1 is 1.24 bits per heavy atom. The number of benzene rings is 1. The van der Waals surface area contributed by atoms with Gasteiger partial charge in [-0.1, -0.05) is 37.3 Å². The van der Waals surface area contributed by atoms with E-state index < -0.39 is 0 Å². The molecule has 3 aromatic rings. The summed E-state index contributed by atoms with van der Waals surface area (Å²) in [5, 5.41) is 15.1. The molecule has 1 atom stereocenters. The van der Waals surface area contributed by atoms with E-state index in [0.29, 0.717) is 11.6 Å². The lowest BCUT2D eigenvalue weighted by Gasteiger charge is -2.19. The molecule has 1 aromatic carbocycles. The number of nitrogens with zero attached hydrogens (tertiary/aromatic N) is 6. The van der Waals surface area contributed by atoms with Crippen LogP contribution in [-0.4, -0.2) is 35.7 Å². The van der Waals surface area contributed by atoms with Crippen LogP contribution in [0.1, 0.15) is 42.6 Å². The van der Waals surface area contributed by atoms with Gasteiger partial charge in [0.05, 0.1) is 17.9 Å². The molecule has 0 saturated carbocycles. The highest BCUT2D eigenvalue weighted by Crippen LogP contribution is 2.20. The number of aryl methyl sites for hydroxylation is 1. The Hall–Kier alpha value is -3.03. The average Bonchev–Trinajstić information content (AvgIpc) is 3.23. The molecule has 0 fully saturated rings. The molecule has 0 unspecified atom stereocenters. The second kappa shape index (κ2) is 7.25. The van der Waals surface area contributed by atoms with E-state index in [9.17, 15) is 4.79 Å². The van der Waals surface area contributed by atoms with Crippen molar-refractivity contribution in [3.8, 4) is 5.69 Å². The van der Waals surface area contributed by atoms with Gasteiger partial charge in [0.25, 0.3) is 5.91 Å². The molecule has 0 aliphatic rings. The van der Waals surface area contributed by atoms with Gasteiger partial charge in [0.1, 0.15) is 12.2 Å². The molecule has 130 valence electrons. The minimum absolute atomic E-state index is 0.237. The van der Waals surface area contributed by atoms with E-state index in [1.807, 2.05) is 37.4 Å². The number of amides is 1. The third-order valence-electron chi connectivity index (χ3n) is 3.85. The van der Waals surface area contributed by atoms with Crippen LogP contribution in [0, 0.1) is 5.92 Å². The molecule has 1 amide bonds. The number of aromatic nitrogens is 6. The first kappa shape index (κ1) is 16.8. The Labute approximate surface area is 145 Å². The van der Waals surface area contributed by atoms with Gasteiger partial charge in [-0.15, -0.1) is 5.10 Å². The summed E-state index contributed by atoms with van der Waals surface area (Å²) in [4.78, 5) is 17.1. The quantitative estimate of drug-likeness (QED) is 0.741. The van der Waals surface area contributed by atoms with Gasteiger partial charge >= 0.3 is 0 Å². The first-order valence-electron chi connectivity index (χ1n) is 8.17. The minimum atomic E-state index is -0.248. The van der Waals surface area contributed by atoms with Gasteiger partial charge < -0.3 is 5.32 Å². The maximum Gasteiger partial charge on any atom is 0.272 e. The van der Waals surface area contributed by atoms with Gasteiger partial charge in [-0.05, 0) is 24.5 Å². The maximum atomic E-state index is 12.8. The second-order valence-corrected chi connectivity index (χ2v) is 6.26. The molecule has 0 aliphatic carbocycles. The van der Waals surface area contributed by atoms with Crippen molar-refractivity contribution in [2.24, 2.45) is 13.0 Å². The van der Waals surface area contributed by atoms with Gasteiger partial charge in [0.15, 0.2) is 5.69 Å². The predicted molar refractivity (Wildman–Crippen MR) is 92.0 cm³/mol. The lowest BCUT2D eigenvalue weighted by molar-refractivity contribution is 0.0921. The molecule has 2 aromatic heterocycles. The Bertz CT molecular complexity index is 838. The Morgan fingerprint density at radius 2 is 2.00 bits per heavy atom. The Kier molecular flexibility index (Phi) is 4.87. The summed E-state index contributed by atoms with van der Waals surface area (Å²) in [5.41, 5.74) is 1.16. The van der Waals surface area contributed by atoms with Crippen molar-refractivity contribution >= 4 is 5.91 Å². The van der Waals surface area contributed by atoms with Gasteiger partial charge in [-0.2, -0.15) is 5.10 Å². The van der Waals surface area contributed by atoms with Gasteiger partial charge in [0, 0.05) is 7.05 Å². The van der Waals surface area contributed by atoms with Crippen molar-refractivity contribution in [3.63, 3.8) is 0 Å². The largest absolute Gasteiger partial charge is 0.341 e. The van der Waals surface area contributed by atoms with E-state index in [-0.39, 0.29) is 11.9 Å². The topological polar surface area (TPSA) is 90.5 Å². The van der Waals surface area contributed by atoms with Crippen LogP contribution in [-0.2, 0) is 7.05 Å². The molecule has 0 spiro atoms. The molecule has 8 heteroatoms. The van der Waals surface area contributed by atoms with Crippen LogP contribution in [0.4, 0.5) is 0 Å². The fourth-order valence-electron chi connectivity index (χ4n) is 2.70. The van der Waals surface area contributed by atoms with Crippen molar-refractivity contribution in [3.05, 3.63) is 54.4 Å². The number of rotatable bonds is 6. The first-order chi connectivity index (χ1) is 12.1. The smallest absolute Gasteiger partial charge is 0.272 e. The van der Waals surface area contributed by atoms with Crippen LogP contribution >= 0.6 is 0 Å². The van der Waals surface area contributed by atoms with E-state index in [1.54, 1.807) is 4.68 Å². The predicted octanol–water partition coefficient (Wildman–Crippen LogP) is 1.91. The second-order valence-electron chi connectivity index (χ2n) is 6.26. The van der Waals surface area contributed by atoms with Crippen LogP contribution in [0.25, 0.3) is 5.69 Å². The van der Waals surface area contributed by atoms with Crippen molar-refractivity contribution in [2.75, 3.05) is 0 Å². The van der Waals surface area contributed by atoms with Gasteiger partial charge in [-0.3, -0.25) is 9.48 Å². The summed E-state index contributed by atoms with van der Waals surface area (Å²) in [6, 6.07) is 9.20. The molecule has 25 heavy (non-hydrogen) atoms. The Balaban J connectivity index is 1.86. The number of hydrogen-bond acceptors (Lipinski definition) is 5. The third-order valence-corrected chi connectivity index (χ3v) is 3.85. The van der Waals surface area contributed by atoms with Crippen LogP contribution in [0.15, 0.2) is 42.9 Å². The maximum absolute atomic E-state index is 12.8. The van der Waals surface area contributed by atoms with Crippen molar-refractivity contribution in [2.45, 2.75) is 26.3 Å². The van der Waals surface area contributed by atoms with Crippen LogP contribution < -0.4 is 5.32 Å². The SMILES string of the molecule is CC(C)C[C@@H](NC(=O)c1cnnn1-c1ccccc1)c1ncnn1C. The van der Waals surface area contributed by atoms with Gasteiger partial charge in [0.2, 0.25) is 0 Å². The van der Waals surface area contributed by atoms with Crippen LogP contribution in [0.2, 0.25) is 0 Å². The zero-order valence-electron chi connectivity index (χ0n) is 14.5. The third kappa shape index (κ3) is 3.73. The fraction of sp³-hybridized carbons (Fsp3) is 0.353. The monoisotopic (exact) mass is 339 g/mol. The summed E-state index contributed by atoms with van der Waals surface area (Å²) >= 11 is 0. The molecule has 0 saturated heterocycles. The fourth-order valence-corrected chi connectivity index (χ4v) is 2.70. The molecule has 8 nitrogen and oxygen atoms in total. The molecular formula is C17H21N7O. The number of carbonyl (C=O) groups excluding carboxylic acids is 1. The van der Waals surface area contributed by atoms with E-state index in [2.05, 4.69) is 39.6 Å². The van der Waals surface area contributed by atoms with E-state index >= 15 is 0 Å². The number of hydrogen-bond donors (Lipinski definition) is 1. The van der Waals surface area contributed by atoms with E-state index in [0.717, 1.165) is 17.9 Å². The zero-order valence-corrected chi connectivity index (χ0v) is 14.5. The van der Waals surface area contributed by atoms with Gasteiger partial charge in [-0.25, -0.2) is 9.67 Å². The molecular weight excluding hydrogens is 318 g/mol. The van der Waals surface area contributed by atoms with Crippen molar-refractivity contribution in [1.82, 2.24) is 35.1 Å². The van der Waals surface area contributed by atoms with Crippen LogP contribution in [0.3, 0.4) is 0 Å². The molecule has 1 N–H and O–H groups in total. The average molecular weight is 339 g/mol. The molecule has 0 bridgehead atoms. The normalized spacial score (nSPS) is 12.3. The van der Waals surface area contributed by atoms with Crippen molar-refractivity contribution < 1.29 is 4.79 Å². The molecule has 0 aliphatic heterocycles. The van der Waals surface area contributed by atoms with Crippen LogP contribution in [0.5, 0.6) is 0 Å². The Morgan fingerprint density at radius 3 is 2.64 bits per heavy atom. The van der Waals surface area contributed by atoms with Crippen molar-refractivity contribution in [1.29, 1.82) is 0 Å². The lowest BCUT2D eigenvalue weighted by atomic mass is 10.0. The molecule has 2 heterocycles. The van der Waals surface area contributed by atoms with E-state index in [1.165, 1.54) is 17.2 Å². The highest BCUT2D eigenvalue weighted by Gasteiger charge is 2.23. The summed E-state index contributed by atoms with van der Waals surface area (Å²) in [6.45, 7) is 4.20. The first-order valence-corrected chi connectivity index (χ1v) is 8.17. The minimum Gasteiger partial charge on any atom is -0.341 e. The number of para-hydroxylation sites is 1. The summed E-state index contributed by atoms with van der Waals surface area (Å²) < 4.78 is 3.21. The number of carbonyl (C=O) groups is 1. The molecule has 3 rings (SSSR count). The number of nitrogens with one attached hydrogen (secondary N) is 1. The summed E-state index contributed by atoms with van der Waals surface area (Å²) in [5.74, 6) is 0.863.